The lowest BCUT2D eigenvalue weighted by atomic mass is 9.96. The number of hydrogen-bond acceptors (Lipinski definition) is 6. The lowest BCUT2D eigenvalue weighted by Gasteiger charge is -2.42. The summed E-state index contributed by atoms with van der Waals surface area (Å²) in [6, 6.07) is -2.26. The van der Waals surface area contributed by atoms with Crippen molar-refractivity contribution in [3.05, 3.63) is 20.9 Å². The van der Waals surface area contributed by atoms with Gasteiger partial charge < -0.3 is 14.6 Å². The molecule has 20 heavy (non-hydrogen) atoms. The van der Waals surface area contributed by atoms with Crippen LogP contribution in [0, 0.1) is 0 Å². The SMILES string of the molecule is CC(=O)O[C@@H]1[C@@H](CN=[N+]=[N-])O[C@H](O)C(N=[N+]=[N-])C1(F)F. The highest BCUT2D eigenvalue weighted by atomic mass is 19.3. The van der Waals surface area contributed by atoms with Crippen LogP contribution in [0.5, 0.6) is 0 Å². The Labute approximate surface area is 110 Å². The molecule has 0 aromatic heterocycles. The molecule has 0 radical (unpaired) electrons. The van der Waals surface area contributed by atoms with Crippen LogP contribution >= 0.6 is 0 Å². The fraction of sp³-hybridized carbons (Fsp3) is 0.875. The highest BCUT2D eigenvalue weighted by Gasteiger charge is 2.60. The van der Waals surface area contributed by atoms with Crippen molar-refractivity contribution in [2.24, 2.45) is 10.2 Å². The molecule has 0 saturated carbocycles. The first kappa shape index (κ1) is 15.9. The van der Waals surface area contributed by atoms with Crippen LogP contribution in [0.15, 0.2) is 10.2 Å². The molecule has 0 bridgehead atoms. The highest BCUT2D eigenvalue weighted by molar-refractivity contribution is 5.66. The fourth-order valence-electron chi connectivity index (χ4n) is 1.71. The van der Waals surface area contributed by atoms with Crippen molar-refractivity contribution < 1.29 is 28.2 Å². The Morgan fingerprint density at radius 3 is 2.65 bits per heavy atom. The standard InChI is InChI=1S/C8H10F2N6O4/c1-3(17)19-6-4(2-13-15-11)20-7(18)5(14-16-12)8(6,9)10/h4-7,18H,2H2,1H3/t4-,5?,6-,7+/m1/s1. The number of halogens is 2. The van der Waals surface area contributed by atoms with E-state index < -0.39 is 43.0 Å². The van der Waals surface area contributed by atoms with Crippen molar-refractivity contribution >= 4 is 5.97 Å². The summed E-state index contributed by atoms with van der Waals surface area (Å²) in [6.45, 7) is 0.304. The molecule has 1 aliphatic rings. The Kier molecular flexibility index (Phi) is 5.06. The summed E-state index contributed by atoms with van der Waals surface area (Å²) < 4.78 is 37.4. The molecule has 1 N–H and O–H groups in total. The average Bonchev–Trinajstić information content (AvgIpc) is 2.36. The van der Waals surface area contributed by atoms with E-state index in [0.29, 0.717) is 0 Å². The highest BCUT2D eigenvalue weighted by Crippen LogP contribution is 2.38. The first-order valence-electron chi connectivity index (χ1n) is 5.28. The molecule has 0 aromatic carbocycles. The van der Waals surface area contributed by atoms with Gasteiger partial charge >= 0.3 is 5.97 Å². The van der Waals surface area contributed by atoms with Crippen LogP contribution in [0.2, 0.25) is 0 Å². The van der Waals surface area contributed by atoms with Crippen molar-refractivity contribution in [2.45, 2.75) is 37.4 Å². The monoisotopic (exact) mass is 292 g/mol. The molecule has 1 heterocycles. The molecule has 1 fully saturated rings. The molecule has 0 aliphatic carbocycles. The largest absolute Gasteiger partial charge is 0.453 e. The molecule has 0 aromatic rings. The van der Waals surface area contributed by atoms with E-state index >= 15 is 0 Å². The van der Waals surface area contributed by atoms with Crippen molar-refractivity contribution in [1.82, 2.24) is 0 Å². The van der Waals surface area contributed by atoms with E-state index in [9.17, 15) is 18.7 Å². The minimum absolute atomic E-state index is 0.593. The quantitative estimate of drug-likeness (QED) is 0.358. The zero-order valence-corrected chi connectivity index (χ0v) is 10.1. The average molecular weight is 292 g/mol. The predicted molar refractivity (Wildman–Crippen MR) is 58.3 cm³/mol. The lowest BCUT2D eigenvalue weighted by molar-refractivity contribution is -0.292. The molecule has 4 atom stereocenters. The molecule has 1 rings (SSSR count). The minimum Gasteiger partial charge on any atom is -0.453 e. The number of carbonyl (C=O) groups excluding carboxylic acids is 1. The summed E-state index contributed by atoms with van der Waals surface area (Å²) in [5.41, 5.74) is 16.4. The third-order valence-corrected chi connectivity index (χ3v) is 2.49. The van der Waals surface area contributed by atoms with Gasteiger partial charge in [0.15, 0.2) is 18.4 Å². The van der Waals surface area contributed by atoms with Gasteiger partial charge in [0.25, 0.3) is 5.92 Å². The van der Waals surface area contributed by atoms with Crippen molar-refractivity contribution in [3.8, 4) is 0 Å². The number of nitrogens with zero attached hydrogens (tertiary/aromatic N) is 6. The lowest BCUT2D eigenvalue weighted by Crippen LogP contribution is -2.63. The molecule has 1 unspecified atom stereocenters. The number of aliphatic hydroxyl groups is 1. The number of ether oxygens (including phenoxy) is 2. The molecular weight excluding hydrogens is 282 g/mol. The normalized spacial score (nSPS) is 31.6. The third kappa shape index (κ3) is 3.25. The van der Waals surface area contributed by atoms with Crippen LogP contribution in [-0.4, -0.2) is 48.1 Å². The predicted octanol–water partition coefficient (Wildman–Crippen LogP) is 1.26. The maximum Gasteiger partial charge on any atom is 0.303 e. The van der Waals surface area contributed by atoms with Gasteiger partial charge in [-0.05, 0) is 11.1 Å². The van der Waals surface area contributed by atoms with Gasteiger partial charge in [0.2, 0.25) is 0 Å². The second kappa shape index (κ2) is 6.35. The van der Waals surface area contributed by atoms with E-state index in [-0.39, 0.29) is 0 Å². The number of alkyl halides is 2. The first-order chi connectivity index (χ1) is 9.34. The van der Waals surface area contributed by atoms with Crippen molar-refractivity contribution in [2.75, 3.05) is 6.54 Å². The van der Waals surface area contributed by atoms with Gasteiger partial charge in [-0.15, -0.1) is 0 Å². The smallest absolute Gasteiger partial charge is 0.303 e. The molecule has 0 amide bonds. The first-order valence-corrected chi connectivity index (χ1v) is 5.28. The van der Waals surface area contributed by atoms with E-state index in [1.54, 1.807) is 0 Å². The summed E-state index contributed by atoms with van der Waals surface area (Å²) in [5, 5.41) is 15.2. The Morgan fingerprint density at radius 1 is 1.50 bits per heavy atom. The maximum atomic E-state index is 14.1. The zero-order chi connectivity index (χ0) is 15.3. The van der Waals surface area contributed by atoms with Crippen LogP contribution in [0.1, 0.15) is 6.92 Å². The Balaban J connectivity index is 3.13. The summed E-state index contributed by atoms with van der Waals surface area (Å²) in [6.07, 6.45) is -5.83. The number of carbonyl (C=O) groups is 1. The Hall–Kier alpha value is -2.13. The molecule has 1 saturated heterocycles. The topological polar surface area (TPSA) is 153 Å². The number of aliphatic hydroxyl groups excluding tert-OH is 1. The van der Waals surface area contributed by atoms with Crippen LogP contribution in [0.3, 0.4) is 0 Å². The van der Waals surface area contributed by atoms with E-state index in [2.05, 4.69) is 24.8 Å². The van der Waals surface area contributed by atoms with Crippen molar-refractivity contribution in [1.29, 1.82) is 0 Å². The summed E-state index contributed by atoms with van der Waals surface area (Å²) in [4.78, 5) is 15.4. The third-order valence-electron chi connectivity index (χ3n) is 2.49. The van der Waals surface area contributed by atoms with Gasteiger partial charge in [-0.25, -0.2) is 8.78 Å². The number of hydrogen-bond donors (Lipinski definition) is 1. The molecule has 10 nitrogen and oxygen atoms in total. The van der Waals surface area contributed by atoms with E-state index in [1.165, 1.54) is 0 Å². The van der Waals surface area contributed by atoms with Crippen LogP contribution in [-0.2, 0) is 14.3 Å². The van der Waals surface area contributed by atoms with E-state index in [1.807, 2.05) is 0 Å². The Morgan fingerprint density at radius 2 is 2.15 bits per heavy atom. The van der Waals surface area contributed by atoms with Crippen LogP contribution < -0.4 is 0 Å². The number of azide groups is 2. The maximum absolute atomic E-state index is 14.1. The molecule has 110 valence electrons. The number of rotatable bonds is 4. The fourth-order valence-corrected chi connectivity index (χ4v) is 1.71. The second-order valence-corrected chi connectivity index (χ2v) is 3.83. The summed E-state index contributed by atoms with van der Waals surface area (Å²) >= 11 is 0. The molecular formula is C8H10F2N6O4. The van der Waals surface area contributed by atoms with Gasteiger partial charge in [0.1, 0.15) is 6.10 Å². The Bertz CT molecular complexity index is 476. The van der Waals surface area contributed by atoms with Gasteiger partial charge in [-0.3, -0.25) is 4.79 Å². The van der Waals surface area contributed by atoms with Gasteiger partial charge in [-0.2, -0.15) is 0 Å². The van der Waals surface area contributed by atoms with Crippen LogP contribution in [0.4, 0.5) is 8.78 Å². The van der Waals surface area contributed by atoms with E-state index in [0.717, 1.165) is 6.92 Å². The minimum atomic E-state index is -3.88. The van der Waals surface area contributed by atoms with Crippen LogP contribution in [0.25, 0.3) is 20.9 Å². The number of esters is 1. The molecule has 0 spiro atoms. The van der Waals surface area contributed by atoms with E-state index in [4.69, 9.17) is 15.8 Å². The van der Waals surface area contributed by atoms with Crippen molar-refractivity contribution in [3.63, 3.8) is 0 Å². The molecule has 12 heteroatoms. The van der Waals surface area contributed by atoms with Gasteiger partial charge in [-0.1, -0.05) is 10.2 Å². The summed E-state index contributed by atoms with van der Waals surface area (Å²) in [5.74, 6) is -4.91. The second-order valence-electron chi connectivity index (χ2n) is 3.83. The van der Waals surface area contributed by atoms with Gasteiger partial charge in [0, 0.05) is 16.7 Å². The van der Waals surface area contributed by atoms with Gasteiger partial charge in [0.05, 0.1) is 6.54 Å². The zero-order valence-electron chi connectivity index (χ0n) is 10.1. The summed E-state index contributed by atoms with van der Waals surface area (Å²) in [7, 11) is 0. The molecule has 1 aliphatic heterocycles.